The Morgan fingerprint density at radius 2 is 1.79 bits per heavy atom. The lowest BCUT2D eigenvalue weighted by Gasteiger charge is -2.34. The fourth-order valence-electron chi connectivity index (χ4n) is 2.99. The Morgan fingerprint density at radius 1 is 1.08 bits per heavy atom. The van der Waals surface area contributed by atoms with E-state index in [0.29, 0.717) is 24.6 Å². The number of piperazine rings is 1. The van der Waals surface area contributed by atoms with Gasteiger partial charge in [0.25, 0.3) is 0 Å². The lowest BCUT2D eigenvalue weighted by molar-refractivity contribution is 0.173. The predicted octanol–water partition coefficient (Wildman–Crippen LogP) is 0.673. The molecule has 1 fully saturated rings. The molecular formula is C16H25N3O4S. The average molecular weight is 355 g/mol. The molecule has 2 aliphatic heterocycles. The van der Waals surface area contributed by atoms with Gasteiger partial charge in [0.2, 0.25) is 16.8 Å². The Kier molecular flexibility index (Phi) is 5.29. The van der Waals surface area contributed by atoms with Crippen molar-refractivity contribution in [2.24, 2.45) is 0 Å². The number of rotatable bonds is 6. The third-order valence-electron chi connectivity index (χ3n) is 4.39. The molecule has 0 amide bonds. The minimum absolute atomic E-state index is 0.143. The summed E-state index contributed by atoms with van der Waals surface area (Å²) in [5.74, 6) is 1.10. The van der Waals surface area contributed by atoms with Gasteiger partial charge in [0.15, 0.2) is 11.5 Å². The largest absolute Gasteiger partial charge is 0.454 e. The Bertz CT molecular complexity index is 670. The molecular weight excluding hydrogens is 330 g/mol. The smallest absolute Gasteiger partial charge is 0.243 e. The van der Waals surface area contributed by atoms with E-state index in [0.717, 1.165) is 32.6 Å². The van der Waals surface area contributed by atoms with Crippen molar-refractivity contribution in [3.63, 3.8) is 0 Å². The van der Waals surface area contributed by atoms with Gasteiger partial charge < -0.3 is 19.3 Å². The lowest BCUT2D eigenvalue weighted by atomic mass is 10.3. The van der Waals surface area contributed by atoms with Crippen molar-refractivity contribution < 1.29 is 17.9 Å². The van der Waals surface area contributed by atoms with E-state index in [1.54, 1.807) is 22.5 Å². The lowest BCUT2D eigenvalue weighted by Crippen LogP contribution is -2.48. The van der Waals surface area contributed by atoms with Crippen LogP contribution in [0.2, 0.25) is 0 Å². The van der Waals surface area contributed by atoms with Gasteiger partial charge in [-0.2, -0.15) is 4.31 Å². The first-order valence-electron chi connectivity index (χ1n) is 8.24. The first-order valence-corrected chi connectivity index (χ1v) is 9.68. The molecule has 0 bridgehead atoms. The highest BCUT2D eigenvalue weighted by atomic mass is 32.2. The molecule has 0 aliphatic carbocycles. The molecule has 7 nitrogen and oxygen atoms in total. The summed E-state index contributed by atoms with van der Waals surface area (Å²) < 4.78 is 37.7. The highest BCUT2D eigenvalue weighted by Crippen LogP contribution is 2.34. The first kappa shape index (κ1) is 17.5. The second-order valence-electron chi connectivity index (χ2n) is 6.42. The van der Waals surface area contributed by atoms with E-state index in [1.165, 1.54) is 0 Å². The van der Waals surface area contributed by atoms with Crippen molar-refractivity contribution in [2.45, 2.75) is 11.3 Å². The van der Waals surface area contributed by atoms with Gasteiger partial charge in [0.05, 0.1) is 4.90 Å². The SMILES string of the molecule is CN(C)CCCN1CCN(S(=O)(=O)c2ccc3c(c2)OCO3)CC1. The molecule has 0 spiro atoms. The minimum atomic E-state index is -3.48. The topological polar surface area (TPSA) is 62.3 Å². The van der Waals surface area contributed by atoms with Crippen LogP contribution >= 0.6 is 0 Å². The van der Waals surface area contributed by atoms with Crippen LogP contribution in [-0.4, -0.2) is 82.7 Å². The van der Waals surface area contributed by atoms with Crippen LogP contribution < -0.4 is 9.47 Å². The zero-order valence-electron chi connectivity index (χ0n) is 14.3. The average Bonchev–Trinajstić information content (AvgIpc) is 3.02. The molecule has 1 aromatic rings. The number of fused-ring (bicyclic) bond motifs is 1. The third kappa shape index (κ3) is 3.83. The van der Waals surface area contributed by atoms with Crippen molar-refractivity contribution in [1.29, 1.82) is 0 Å². The maximum atomic E-state index is 12.8. The summed E-state index contributed by atoms with van der Waals surface area (Å²) >= 11 is 0. The van der Waals surface area contributed by atoms with Crippen molar-refractivity contribution in [3.05, 3.63) is 18.2 Å². The molecule has 0 atom stereocenters. The number of benzene rings is 1. The third-order valence-corrected chi connectivity index (χ3v) is 6.29. The van der Waals surface area contributed by atoms with Gasteiger partial charge in [-0.25, -0.2) is 8.42 Å². The summed E-state index contributed by atoms with van der Waals surface area (Å²) in [5.41, 5.74) is 0. The van der Waals surface area contributed by atoms with Crippen molar-refractivity contribution >= 4 is 10.0 Å². The summed E-state index contributed by atoms with van der Waals surface area (Å²) in [6.45, 7) is 4.81. The summed E-state index contributed by atoms with van der Waals surface area (Å²) in [7, 11) is 0.653. The van der Waals surface area contributed by atoms with Gasteiger partial charge in [0, 0.05) is 32.2 Å². The molecule has 0 radical (unpaired) electrons. The number of sulfonamides is 1. The van der Waals surface area contributed by atoms with E-state index >= 15 is 0 Å². The maximum absolute atomic E-state index is 12.8. The van der Waals surface area contributed by atoms with Crippen molar-refractivity contribution in [1.82, 2.24) is 14.1 Å². The zero-order valence-corrected chi connectivity index (χ0v) is 15.1. The van der Waals surface area contributed by atoms with Gasteiger partial charge in [-0.05, 0) is 45.7 Å². The van der Waals surface area contributed by atoms with Crippen molar-refractivity contribution in [3.8, 4) is 11.5 Å². The number of hydrogen-bond acceptors (Lipinski definition) is 6. The van der Waals surface area contributed by atoms with Crippen molar-refractivity contribution in [2.75, 3.05) is 60.2 Å². The maximum Gasteiger partial charge on any atom is 0.243 e. The van der Waals surface area contributed by atoms with Crippen LogP contribution in [0.4, 0.5) is 0 Å². The highest BCUT2D eigenvalue weighted by molar-refractivity contribution is 7.89. The van der Waals surface area contributed by atoms with Crippen LogP contribution in [0.15, 0.2) is 23.1 Å². The molecule has 24 heavy (non-hydrogen) atoms. The molecule has 3 rings (SSSR count). The van der Waals surface area contributed by atoms with E-state index in [9.17, 15) is 8.42 Å². The van der Waals surface area contributed by atoms with Gasteiger partial charge >= 0.3 is 0 Å². The molecule has 1 aromatic carbocycles. The second-order valence-corrected chi connectivity index (χ2v) is 8.36. The van der Waals surface area contributed by atoms with Crippen LogP contribution in [0.25, 0.3) is 0 Å². The quantitative estimate of drug-likeness (QED) is 0.748. The van der Waals surface area contributed by atoms with Gasteiger partial charge in [-0.3, -0.25) is 0 Å². The van der Waals surface area contributed by atoms with E-state index in [1.807, 2.05) is 0 Å². The summed E-state index contributed by atoms with van der Waals surface area (Å²) in [4.78, 5) is 4.77. The fourth-order valence-corrected chi connectivity index (χ4v) is 4.43. The Balaban J connectivity index is 1.59. The minimum Gasteiger partial charge on any atom is -0.454 e. The van der Waals surface area contributed by atoms with Crippen LogP contribution in [0.3, 0.4) is 0 Å². The van der Waals surface area contributed by atoms with E-state index in [4.69, 9.17) is 9.47 Å². The highest BCUT2D eigenvalue weighted by Gasteiger charge is 2.29. The van der Waals surface area contributed by atoms with Gasteiger partial charge in [-0.15, -0.1) is 0 Å². The number of hydrogen-bond donors (Lipinski definition) is 0. The summed E-state index contributed by atoms with van der Waals surface area (Å²) in [6.07, 6.45) is 1.10. The predicted molar refractivity (Wildman–Crippen MR) is 90.9 cm³/mol. The molecule has 1 saturated heterocycles. The second kappa shape index (κ2) is 7.26. The standard InChI is InChI=1S/C16H25N3O4S/c1-17(2)6-3-7-18-8-10-19(11-9-18)24(20,21)14-4-5-15-16(12-14)23-13-22-15/h4-5,12H,3,6-11,13H2,1-2H3. The summed E-state index contributed by atoms with van der Waals surface area (Å²) in [5, 5.41) is 0. The Hall–Kier alpha value is -1.35. The van der Waals surface area contributed by atoms with E-state index in [-0.39, 0.29) is 11.7 Å². The van der Waals surface area contributed by atoms with Crippen LogP contribution in [0, 0.1) is 0 Å². The Morgan fingerprint density at radius 3 is 2.50 bits per heavy atom. The number of ether oxygens (including phenoxy) is 2. The van der Waals surface area contributed by atoms with E-state index in [2.05, 4.69) is 23.9 Å². The van der Waals surface area contributed by atoms with Gasteiger partial charge in [0.1, 0.15) is 0 Å². The monoisotopic (exact) mass is 355 g/mol. The van der Waals surface area contributed by atoms with Crippen LogP contribution in [-0.2, 0) is 10.0 Å². The zero-order chi connectivity index (χ0) is 17.2. The normalized spacial score (nSPS) is 19.1. The molecule has 0 saturated carbocycles. The molecule has 0 unspecified atom stereocenters. The number of nitrogens with zero attached hydrogens (tertiary/aromatic N) is 3. The summed E-state index contributed by atoms with van der Waals surface area (Å²) in [6, 6.07) is 4.81. The molecule has 0 aromatic heterocycles. The fraction of sp³-hybridized carbons (Fsp3) is 0.625. The molecule has 134 valence electrons. The molecule has 0 N–H and O–H groups in total. The van der Waals surface area contributed by atoms with Crippen LogP contribution in [0.1, 0.15) is 6.42 Å². The van der Waals surface area contributed by atoms with Crippen LogP contribution in [0.5, 0.6) is 11.5 Å². The molecule has 8 heteroatoms. The molecule has 2 aliphatic rings. The Labute approximate surface area is 143 Å². The van der Waals surface area contributed by atoms with Gasteiger partial charge in [-0.1, -0.05) is 0 Å². The van der Waals surface area contributed by atoms with E-state index < -0.39 is 10.0 Å². The first-order chi connectivity index (χ1) is 11.5. The molecule has 2 heterocycles.